The number of benzene rings is 2. The minimum atomic E-state index is -3.93. The van der Waals surface area contributed by atoms with Crippen LogP contribution in [0.3, 0.4) is 0 Å². The fourth-order valence-corrected chi connectivity index (χ4v) is 4.00. The number of Topliss-reactive ketones (excluding diaryl/α,β-unsaturated/α-hetero) is 1. The smallest absolute Gasteiger partial charge is 0.306 e. The first-order valence-electron chi connectivity index (χ1n) is 10.8. The van der Waals surface area contributed by atoms with Crippen LogP contribution in [0.4, 0.5) is 5.69 Å². The Morgan fingerprint density at radius 1 is 1.00 bits per heavy atom. The highest BCUT2D eigenvalue weighted by Crippen LogP contribution is 2.19. The molecular formula is C24H30N2O6S. The van der Waals surface area contributed by atoms with Crippen molar-refractivity contribution in [3.8, 4) is 0 Å². The third-order valence-electron chi connectivity index (χ3n) is 5.04. The Kier molecular flexibility index (Phi) is 9.74. The van der Waals surface area contributed by atoms with Gasteiger partial charge < -0.3 is 10.1 Å². The second-order valence-corrected chi connectivity index (χ2v) is 9.34. The summed E-state index contributed by atoms with van der Waals surface area (Å²) in [5.74, 6) is -1.49. The number of anilines is 1. The lowest BCUT2D eigenvalue weighted by Crippen LogP contribution is -2.21. The number of unbranched alkanes of at least 4 members (excludes halogenated alkanes) is 2. The fraction of sp³-hybridized carbons (Fsp3) is 0.375. The quantitative estimate of drug-likeness (QED) is 0.275. The number of carbonyl (C=O) groups excluding carboxylic acids is 3. The van der Waals surface area contributed by atoms with Gasteiger partial charge in [-0.15, -0.1) is 0 Å². The zero-order chi connectivity index (χ0) is 24.4. The monoisotopic (exact) mass is 474 g/mol. The van der Waals surface area contributed by atoms with Crippen molar-refractivity contribution < 1.29 is 27.5 Å². The average Bonchev–Trinajstić information content (AvgIpc) is 2.77. The molecule has 0 aromatic heterocycles. The van der Waals surface area contributed by atoms with Crippen LogP contribution >= 0.6 is 0 Å². The number of primary sulfonamides is 1. The van der Waals surface area contributed by atoms with Crippen LogP contribution in [0.25, 0.3) is 0 Å². The van der Waals surface area contributed by atoms with Gasteiger partial charge in [-0.05, 0) is 43.0 Å². The lowest BCUT2D eigenvalue weighted by molar-refractivity contribution is -0.147. The number of carbonyl (C=O) groups is 3. The van der Waals surface area contributed by atoms with Crippen LogP contribution in [0.1, 0.15) is 60.5 Å². The van der Waals surface area contributed by atoms with Gasteiger partial charge in [-0.3, -0.25) is 14.4 Å². The van der Waals surface area contributed by atoms with Gasteiger partial charge in [0.1, 0.15) is 0 Å². The molecule has 0 fully saturated rings. The van der Waals surface area contributed by atoms with Crippen molar-refractivity contribution in [2.45, 2.75) is 57.3 Å². The van der Waals surface area contributed by atoms with Crippen LogP contribution in [-0.2, 0) is 30.8 Å². The lowest BCUT2D eigenvalue weighted by Gasteiger charge is -2.09. The SMILES string of the molecule is CCCCCc1ccc(C(=O)CCC(=O)OCC(=O)Nc2ccc(C)c(S(N)(=O)=O)c2)cc1. The maximum absolute atomic E-state index is 12.3. The average molecular weight is 475 g/mol. The van der Waals surface area contributed by atoms with Crippen LogP contribution < -0.4 is 10.5 Å². The number of rotatable bonds is 12. The standard InChI is InChI=1S/C24H30N2O6S/c1-3-4-5-6-18-8-10-19(11-9-18)21(27)13-14-24(29)32-16-23(28)26-20-12-7-17(2)22(15-20)33(25,30)31/h7-12,15H,3-6,13-14,16H2,1-2H3,(H,26,28)(H2,25,30,31). The van der Waals surface area contributed by atoms with E-state index in [1.165, 1.54) is 30.2 Å². The maximum Gasteiger partial charge on any atom is 0.306 e. The summed E-state index contributed by atoms with van der Waals surface area (Å²) in [7, 11) is -3.93. The molecule has 0 aliphatic rings. The molecule has 0 saturated carbocycles. The summed E-state index contributed by atoms with van der Waals surface area (Å²) in [6, 6.07) is 11.6. The van der Waals surface area contributed by atoms with Gasteiger partial charge in [0.05, 0.1) is 11.3 Å². The summed E-state index contributed by atoms with van der Waals surface area (Å²) in [5.41, 5.74) is 2.36. The molecular weight excluding hydrogens is 444 g/mol. The van der Waals surface area contributed by atoms with Gasteiger partial charge in [-0.25, -0.2) is 13.6 Å². The van der Waals surface area contributed by atoms with E-state index in [1.54, 1.807) is 19.1 Å². The van der Waals surface area contributed by atoms with E-state index < -0.39 is 28.5 Å². The van der Waals surface area contributed by atoms with E-state index in [4.69, 9.17) is 9.88 Å². The molecule has 178 valence electrons. The van der Waals surface area contributed by atoms with Crippen molar-refractivity contribution in [1.29, 1.82) is 0 Å². The summed E-state index contributed by atoms with van der Waals surface area (Å²) in [5, 5.41) is 7.60. The number of amides is 1. The molecule has 0 spiro atoms. The van der Waals surface area contributed by atoms with Crippen LogP contribution in [0.5, 0.6) is 0 Å². The normalized spacial score (nSPS) is 11.1. The molecule has 0 bridgehead atoms. The number of hydrogen-bond donors (Lipinski definition) is 2. The Labute approximate surface area is 194 Å². The maximum atomic E-state index is 12.3. The number of aryl methyl sites for hydroxylation is 2. The number of ether oxygens (including phenoxy) is 1. The molecule has 1 amide bonds. The topological polar surface area (TPSA) is 133 Å². The van der Waals surface area contributed by atoms with Crippen molar-refractivity contribution in [3.05, 3.63) is 59.2 Å². The van der Waals surface area contributed by atoms with E-state index >= 15 is 0 Å². The van der Waals surface area contributed by atoms with Crippen LogP contribution in [-0.4, -0.2) is 32.7 Å². The van der Waals surface area contributed by atoms with Gasteiger partial charge in [0.2, 0.25) is 10.0 Å². The summed E-state index contributed by atoms with van der Waals surface area (Å²) in [6.07, 6.45) is 4.24. The van der Waals surface area contributed by atoms with Crippen molar-refractivity contribution in [2.24, 2.45) is 5.14 Å². The second kappa shape index (κ2) is 12.3. The Morgan fingerprint density at radius 3 is 2.33 bits per heavy atom. The van der Waals surface area contributed by atoms with E-state index in [0.717, 1.165) is 19.3 Å². The van der Waals surface area contributed by atoms with Crippen LogP contribution in [0.2, 0.25) is 0 Å². The number of hydrogen-bond acceptors (Lipinski definition) is 6. The molecule has 0 aliphatic carbocycles. The van der Waals surface area contributed by atoms with E-state index in [2.05, 4.69) is 12.2 Å². The van der Waals surface area contributed by atoms with Gasteiger partial charge >= 0.3 is 5.97 Å². The molecule has 0 unspecified atom stereocenters. The third-order valence-corrected chi connectivity index (χ3v) is 6.10. The van der Waals surface area contributed by atoms with Crippen LogP contribution in [0.15, 0.2) is 47.4 Å². The summed E-state index contributed by atoms with van der Waals surface area (Å²) < 4.78 is 28.1. The highest BCUT2D eigenvalue weighted by atomic mass is 32.2. The summed E-state index contributed by atoms with van der Waals surface area (Å²) >= 11 is 0. The van der Waals surface area contributed by atoms with E-state index in [9.17, 15) is 22.8 Å². The lowest BCUT2D eigenvalue weighted by atomic mass is 10.0. The van der Waals surface area contributed by atoms with Crippen LogP contribution in [0, 0.1) is 6.92 Å². The number of ketones is 1. The zero-order valence-corrected chi connectivity index (χ0v) is 19.7. The molecule has 0 saturated heterocycles. The van der Waals surface area contributed by atoms with Crippen molar-refractivity contribution in [1.82, 2.24) is 0 Å². The number of nitrogens with two attached hydrogens (primary N) is 1. The molecule has 0 radical (unpaired) electrons. The molecule has 0 aliphatic heterocycles. The molecule has 2 aromatic carbocycles. The van der Waals surface area contributed by atoms with Crippen molar-refractivity contribution in [2.75, 3.05) is 11.9 Å². The van der Waals surface area contributed by atoms with Gasteiger partial charge in [0.25, 0.3) is 5.91 Å². The van der Waals surface area contributed by atoms with E-state index in [1.807, 2.05) is 12.1 Å². The minimum Gasteiger partial charge on any atom is -0.456 e. The molecule has 3 N–H and O–H groups in total. The molecule has 0 atom stereocenters. The van der Waals surface area contributed by atoms with Gasteiger partial charge in [0, 0.05) is 17.7 Å². The molecule has 2 aromatic rings. The van der Waals surface area contributed by atoms with Gasteiger partial charge in [0.15, 0.2) is 12.4 Å². The van der Waals surface area contributed by atoms with E-state index in [-0.39, 0.29) is 29.2 Å². The van der Waals surface area contributed by atoms with Crippen molar-refractivity contribution >= 4 is 33.4 Å². The number of nitrogens with one attached hydrogen (secondary N) is 1. The first-order chi connectivity index (χ1) is 15.6. The number of sulfonamides is 1. The molecule has 0 heterocycles. The van der Waals surface area contributed by atoms with Gasteiger partial charge in [-0.1, -0.05) is 50.1 Å². The Morgan fingerprint density at radius 2 is 1.70 bits per heavy atom. The van der Waals surface area contributed by atoms with E-state index in [0.29, 0.717) is 11.1 Å². The Bertz CT molecular complexity index is 1090. The predicted octanol–water partition coefficient (Wildman–Crippen LogP) is 3.52. The molecule has 33 heavy (non-hydrogen) atoms. The Hall–Kier alpha value is -3.04. The summed E-state index contributed by atoms with van der Waals surface area (Å²) in [6.45, 7) is 3.17. The largest absolute Gasteiger partial charge is 0.456 e. The second-order valence-electron chi connectivity index (χ2n) is 7.81. The number of esters is 1. The van der Waals surface area contributed by atoms with Gasteiger partial charge in [-0.2, -0.15) is 0 Å². The first kappa shape index (κ1) is 26.2. The highest BCUT2D eigenvalue weighted by molar-refractivity contribution is 7.89. The summed E-state index contributed by atoms with van der Waals surface area (Å²) in [4.78, 5) is 36.1. The third kappa shape index (κ3) is 8.78. The minimum absolute atomic E-state index is 0.0225. The van der Waals surface area contributed by atoms with Crippen molar-refractivity contribution in [3.63, 3.8) is 0 Å². The zero-order valence-electron chi connectivity index (χ0n) is 18.9. The molecule has 8 nitrogen and oxygen atoms in total. The molecule has 9 heteroatoms. The molecule has 2 rings (SSSR count). The fourth-order valence-electron chi connectivity index (χ4n) is 3.20. The predicted molar refractivity (Wildman–Crippen MR) is 125 cm³/mol. The first-order valence-corrected chi connectivity index (χ1v) is 12.4. The highest BCUT2D eigenvalue weighted by Gasteiger charge is 2.15. The Balaban J connectivity index is 1.77.